The molecule has 238 valence electrons. The second kappa shape index (κ2) is 13.8. The Labute approximate surface area is 266 Å². The highest BCUT2D eigenvalue weighted by atomic mass is 28.4. The first-order chi connectivity index (χ1) is 20.2. The predicted octanol–water partition coefficient (Wildman–Crippen LogP) is 9.56. The van der Waals surface area contributed by atoms with Crippen molar-refractivity contribution < 1.29 is 8.85 Å². The standard InChI is InChI=1S/C38H61NO2Si2/c1-31(26-30-41-43(37(5,6)7,33-21-12-10-13-22-33)34-23-14-11-15-24-34)35-25-17-28-38(35)27-16-19-32(39-38)20-18-29-40-42(8,9)36(2,3)4/h10-15,21-24,31,35H,16-20,25-30H2,1-9H3/t31-,35?,38+/m0/s1. The third kappa shape index (κ3) is 7.65. The zero-order valence-corrected chi connectivity index (χ0v) is 31.0. The number of rotatable bonds is 12. The fourth-order valence-electron chi connectivity index (χ4n) is 7.73. The Kier molecular flexibility index (Phi) is 11.1. The van der Waals surface area contributed by atoms with Gasteiger partial charge in [0.1, 0.15) is 0 Å². The summed E-state index contributed by atoms with van der Waals surface area (Å²) in [4.78, 5) is 5.63. The summed E-state index contributed by atoms with van der Waals surface area (Å²) in [5.41, 5.74) is 1.62. The van der Waals surface area contributed by atoms with Gasteiger partial charge in [-0.2, -0.15) is 0 Å². The van der Waals surface area contributed by atoms with E-state index in [-0.39, 0.29) is 15.6 Å². The fraction of sp³-hybridized carbons (Fsp3) is 0.658. The lowest BCUT2D eigenvalue weighted by Crippen LogP contribution is -2.66. The summed E-state index contributed by atoms with van der Waals surface area (Å²) in [6.07, 6.45) is 10.9. The van der Waals surface area contributed by atoms with Crippen molar-refractivity contribution >= 4 is 32.7 Å². The molecule has 2 aromatic rings. The highest BCUT2D eigenvalue weighted by Gasteiger charge is 2.51. The zero-order chi connectivity index (χ0) is 31.4. The maximum Gasteiger partial charge on any atom is 0.261 e. The van der Waals surface area contributed by atoms with E-state index >= 15 is 0 Å². The zero-order valence-electron chi connectivity index (χ0n) is 29.0. The molecule has 5 heteroatoms. The largest absolute Gasteiger partial charge is 0.417 e. The molecule has 43 heavy (non-hydrogen) atoms. The molecule has 2 aromatic carbocycles. The van der Waals surface area contributed by atoms with E-state index in [0.29, 0.717) is 11.8 Å². The van der Waals surface area contributed by atoms with Crippen molar-refractivity contribution in [1.29, 1.82) is 0 Å². The lowest BCUT2D eigenvalue weighted by molar-refractivity contribution is 0.176. The second-order valence-corrected chi connectivity index (χ2v) is 25.2. The van der Waals surface area contributed by atoms with Crippen molar-refractivity contribution in [3.63, 3.8) is 0 Å². The van der Waals surface area contributed by atoms with Gasteiger partial charge in [-0.05, 0) is 96.7 Å². The smallest absolute Gasteiger partial charge is 0.261 e. The summed E-state index contributed by atoms with van der Waals surface area (Å²) in [6.45, 7) is 23.0. The summed E-state index contributed by atoms with van der Waals surface area (Å²) < 4.78 is 13.8. The molecule has 0 amide bonds. The third-order valence-electron chi connectivity index (χ3n) is 11.1. The van der Waals surface area contributed by atoms with Crippen LogP contribution in [0, 0.1) is 11.8 Å². The van der Waals surface area contributed by atoms with Crippen molar-refractivity contribution in [1.82, 2.24) is 0 Å². The van der Waals surface area contributed by atoms with Gasteiger partial charge in [-0.25, -0.2) is 0 Å². The van der Waals surface area contributed by atoms with Crippen LogP contribution in [-0.2, 0) is 8.85 Å². The van der Waals surface area contributed by atoms with Crippen LogP contribution in [0.25, 0.3) is 0 Å². The van der Waals surface area contributed by atoms with Gasteiger partial charge in [0.2, 0.25) is 0 Å². The molecule has 2 aliphatic rings. The second-order valence-electron chi connectivity index (χ2n) is 16.1. The number of hydrogen-bond donors (Lipinski definition) is 0. The monoisotopic (exact) mass is 619 g/mol. The summed E-state index contributed by atoms with van der Waals surface area (Å²) in [6, 6.07) is 22.2. The summed E-state index contributed by atoms with van der Waals surface area (Å²) in [5, 5.41) is 3.04. The van der Waals surface area contributed by atoms with Gasteiger partial charge >= 0.3 is 0 Å². The average molecular weight is 620 g/mol. The van der Waals surface area contributed by atoms with Gasteiger partial charge in [-0.1, -0.05) is 116 Å². The minimum atomic E-state index is -2.50. The molecule has 1 saturated carbocycles. The number of benzene rings is 2. The first-order valence-electron chi connectivity index (χ1n) is 17.2. The van der Waals surface area contributed by atoms with Crippen molar-refractivity contribution in [2.45, 2.75) is 135 Å². The molecule has 1 heterocycles. The molecule has 0 radical (unpaired) electrons. The average Bonchev–Trinajstić information content (AvgIpc) is 3.35. The van der Waals surface area contributed by atoms with Crippen LogP contribution >= 0.6 is 0 Å². The summed E-state index contributed by atoms with van der Waals surface area (Å²) in [7, 11) is -4.18. The van der Waals surface area contributed by atoms with Crippen LogP contribution in [0.4, 0.5) is 0 Å². The molecular weight excluding hydrogens is 559 g/mol. The minimum Gasteiger partial charge on any atom is -0.417 e. The Morgan fingerprint density at radius 2 is 1.40 bits per heavy atom. The highest BCUT2D eigenvalue weighted by molar-refractivity contribution is 6.99. The maximum atomic E-state index is 7.30. The number of hydrogen-bond acceptors (Lipinski definition) is 3. The van der Waals surface area contributed by atoms with Gasteiger partial charge in [0.05, 0.1) is 5.54 Å². The molecule has 3 atom stereocenters. The van der Waals surface area contributed by atoms with E-state index in [9.17, 15) is 0 Å². The third-order valence-corrected chi connectivity index (χ3v) is 20.7. The molecule has 0 saturated heterocycles. The van der Waals surface area contributed by atoms with E-state index in [1.54, 1.807) is 0 Å². The van der Waals surface area contributed by atoms with Crippen molar-refractivity contribution in [2.75, 3.05) is 13.2 Å². The first kappa shape index (κ1) is 34.3. The molecule has 3 nitrogen and oxygen atoms in total. The molecule has 0 N–H and O–H groups in total. The van der Waals surface area contributed by atoms with Crippen LogP contribution in [-0.4, -0.2) is 41.1 Å². The Morgan fingerprint density at radius 3 is 1.95 bits per heavy atom. The Morgan fingerprint density at radius 1 is 0.814 bits per heavy atom. The molecule has 1 fully saturated rings. The topological polar surface area (TPSA) is 30.8 Å². The van der Waals surface area contributed by atoms with Gasteiger partial charge in [-0.3, -0.25) is 4.99 Å². The van der Waals surface area contributed by atoms with E-state index in [1.165, 1.54) is 54.6 Å². The molecule has 1 unspecified atom stereocenters. The van der Waals surface area contributed by atoms with Crippen LogP contribution in [0.2, 0.25) is 23.2 Å². The van der Waals surface area contributed by atoms with E-state index < -0.39 is 16.6 Å². The van der Waals surface area contributed by atoms with Gasteiger partial charge in [0.25, 0.3) is 8.32 Å². The predicted molar refractivity (Wildman–Crippen MR) is 191 cm³/mol. The minimum absolute atomic E-state index is 0.0182. The van der Waals surface area contributed by atoms with E-state index in [2.05, 4.69) is 122 Å². The SMILES string of the molecule is C[C@@H](CCO[Si](c1ccccc1)(c1ccccc1)C(C)(C)C)C1CCC[C@]12CCCC(CCCO[Si](C)(C)C(C)(C)C)=N2. The van der Waals surface area contributed by atoms with Gasteiger partial charge in [0.15, 0.2) is 8.32 Å². The first-order valence-corrected chi connectivity index (χ1v) is 22.0. The molecule has 4 rings (SSSR count). The van der Waals surface area contributed by atoms with Crippen LogP contribution in [0.15, 0.2) is 65.7 Å². The quantitative estimate of drug-likeness (QED) is 0.175. The lowest BCUT2D eigenvalue weighted by Gasteiger charge is -2.44. The van der Waals surface area contributed by atoms with E-state index in [4.69, 9.17) is 13.8 Å². The molecular formula is C38H61NO2Si2. The fourth-order valence-corrected chi connectivity index (χ4v) is 13.4. The maximum absolute atomic E-state index is 7.30. The lowest BCUT2D eigenvalue weighted by atomic mass is 9.73. The van der Waals surface area contributed by atoms with E-state index in [0.717, 1.165) is 32.5 Å². The van der Waals surface area contributed by atoms with Crippen molar-refractivity contribution in [3.05, 3.63) is 60.7 Å². The number of nitrogens with zero attached hydrogens (tertiary/aromatic N) is 1. The number of aliphatic imine (C=N–C) groups is 1. The van der Waals surface area contributed by atoms with Crippen molar-refractivity contribution in [3.8, 4) is 0 Å². The van der Waals surface area contributed by atoms with Gasteiger partial charge in [-0.15, -0.1) is 0 Å². The van der Waals surface area contributed by atoms with Crippen LogP contribution in [0.1, 0.15) is 106 Å². The molecule has 0 aromatic heterocycles. The van der Waals surface area contributed by atoms with Crippen LogP contribution in [0.5, 0.6) is 0 Å². The van der Waals surface area contributed by atoms with Crippen LogP contribution < -0.4 is 10.4 Å². The van der Waals surface area contributed by atoms with Crippen LogP contribution in [0.3, 0.4) is 0 Å². The highest BCUT2D eigenvalue weighted by Crippen LogP contribution is 2.49. The van der Waals surface area contributed by atoms with Gasteiger partial charge < -0.3 is 8.85 Å². The summed E-state index contributed by atoms with van der Waals surface area (Å²) in [5.74, 6) is 1.26. The molecule has 1 aliphatic heterocycles. The van der Waals surface area contributed by atoms with Gasteiger partial charge in [0, 0.05) is 18.9 Å². The molecule has 0 bridgehead atoms. The Hall–Kier alpha value is -1.54. The van der Waals surface area contributed by atoms with E-state index in [1.807, 2.05) is 0 Å². The Bertz CT molecular complexity index is 1140. The molecule has 1 spiro atoms. The molecule has 1 aliphatic carbocycles. The normalized spacial score (nSPS) is 22.5. The Balaban J connectivity index is 1.44. The van der Waals surface area contributed by atoms with Crippen molar-refractivity contribution in [2.24, 2.45) is 16.8 Å². The summed E-state index contributed by atoms with van der Waals surface area (Å²) >= 11 is 0.